The minimum absolute atomic E-state index is 0.107. The normalized spacial score (nSPS) is 16.9. The van der Waals surface area contributed by atoms with Gasteiger partial charge in [-0.2, -0.15) is 10.0 Å². The maximum absolute atomic E-state index is 13.1. The fourth-order valence-electron chi connectivity index (χ4n) is 4.98. The molecule has 6 rings (SSSR count). The fourth-order valence-corrected chi connectivity index (χ4v) is 4.98. The molecule has 3 N–H and O–H groups in total. The van der Waals surface area contributed by atoms with E-state index in [4.69, 9.17) is 30.0 Å². The molecule has 2 fully saturated rings. The summed E-state index contributed by atoms with van der Waals surface area (Å²) < 4.78 is 10.8. The third kappa shape index (κ3) is 5.69. The van der Waals surface area contributed by atoms with Crippen molar-refractivity contribution in [1.82, 2.24) is 24.8 Å². The van der Waals surface area contributed by atoms with Crippen molar-refractivity contribution in [2.45, 2.75) is 13.3 Å². The smallest absolute Gasteiger partial charge is 0.378 e. The molecular formula is C27H31N9O5. The van der Waals surface area contributed by atoms with Gasteiger partial charge in [0.15, 0.2) is 5.82 Å². The highest BCUT2D eigenvalue weighted by atomic mass is 16.7. The molecule has 0 radical (unpaired) electrons. The van der Waals surface area contributed by atoms with E-state index in [1.165, 1.54) is 5.06 Å². The highest BCUT2D eigenvalue weighted by Crippen LogP contribution is 2.35. The monoisotopic (exact) mass is 561 g/mol. The number of aromatic nitrogens is 4. The molecule has 0 atom stereocenters. The van der Waals surface area contributed by atoms with Crippen LogP contribution >= 0.6 is 0 Å². The molecule has 3 aromatic rings. The molecule has 0 spiro atoms. The molecule has 41 heavy (non-hydrogen) atoms. The van der Waals surface area contributed by atoms with Crippen molar-refractivity contribution in [1.29, 1.82) is 0 Å². The minimum Gasteiger partial charge on any atom is -0.378 e. The second-order valence-electron chi connectivity index (χ2n) is 9.89. The number of carbonyl (C=O) groups excluding carboxylic acids is 2. The van der Waals surface area contributed by atoms with Crippen molar-refractivity contribution in [3.05, 3.63) is 47.3 Å². The summed E-state index contributed by atoms with van der Waals surface area (Å²) in [6, 6.07) is 5.23. The topological polar surface area (TPSA) is 161 Å². The van der Waals surface area contributed by atoms with Gasteiger partial charge in [0.25, 0.3) is 5.91 Å². The third-order valence-electron chi connectivity index (χ3n) is 7.23. The summed E-state index contributed by atoms with van der Waals surface area (Å²) in [5, 5.41) is 4.26. The van der Waals surface area contributed by atoms with Gasteiger partial charge in [-0.15, -0.1) is 0 Å². The first-order chi connectivity index (χ1) is 20.0. The van der Waals surface area contributed by atoms with Gasteiger partial charge in [-0.25, -0.2) is 19.7 Å². The molecule has 14 nitrogen and oxygen atoms in total. The number of amides is 2. The van der Waals surface area contributed by atoms with Crippen LogP contribution in [-0.2, 0) is 20.7 Å². The number of aryl methyl sites for hydroxylation is 1. The molecule has 0 aliphatic carbocycles. The van der Waals surface area contributed by atoms with E-state index < -0.39 is 6.09 Å². The summed E-state index contributed by atoms with van der Waals surface area (Å²) in [4.78, 5) is 53.5. The third-order valence-corrected chi connectivity index (χ3v) is 7.23. The molecule has 1 aromatic carbocycles. The number of nitrogens with one attached hydrogen (secondary N) is 1. The molecule has 5 heterocycles. The van der Waals surface area contributed by atoms with E-state index >= 15 is 0 Å². The first kappa shape index (κ1) is 26.7. The highest BCUT2D eigenvalue weighted by Gasteiger charge is 2.31. The van der Waals surface area contributed by atoms with E-state index in [0.717, 1.165) is 11.1 Å². The first-order valence-corrected chi connectivity index (χ1v) is 13.5. The molecule has 0 bridgehead atoms. The van der Waals surface area contributed by atoms with Gasteiger partial charge in [-0.1, -0.05) is 6.07 Å². The number of rotatable bonds is 5. The van der Waals surface area contributed by atoms with E-state index in [-0.39, 0.29) is 11.9 Å². The standard InChI is InChI=1S/C27H31N9O5/c1-17-2-3-18(24(37)34-6-10-39-11-7-34)14-21(17)31-27(38)41-36-5-4-20-22(19-15-29-25(28)30-16-19)32-26(33-23(20)36)35-8-12-40-13-9-35/h2-3,14-16H,4-13H2,1H3,(H,31,38)(H2,28,29,30). The number of carbonyl (C=O) groups is 2. The number of benzene rings is 1. The van der Waals surface area contributed by atoms with Crippen LogP contribution in [0.2, 0.25) is 0 Å². The average molecular weight is 562 g/mol. The van der Waals surface area contributed by atoms with Gasteiger partial charge < -0.3 is 29.8 Å². The van der Waals surface area contributed by atoms with Crippen LogP contribution < -0.4 is 21.0 Å². The van der Waals surface area contributed by atoms with Gasteiger partial charge >= 0.3 is 6.09 Å². The largest absolute Gasteiger partial charge is 0.436 e. The van der Waals surface area contributed by atoms with Crippen molar-refractivity contribution in [3.8, 4) is 11.3 Å². The van der Waals surface area contributed by atoms with E-state index in [2.05, 4.69) is 15.3 Å². The van der Waals surface area contributed by atoms with Crippen molar-refractivity contribution < 1.29 is 23.9 Å². The zero-order chi connectivity index (χ0) is 28.3. The Morgan fingerprint density at radius 1 is 0.976 bits per heavy atom. The van der Waals surface area contributed by atoms with Gasteiger partial charge in [0.1, 0.15) is 0 Å². The number of hydrogen-bond donors (Lipinski definition) is 2. The Morgan fingerprint density at radius 2 is 1.68 bits per heavy atom. The Balaban J connectivity index is 1.23. The molecule has 3 aliphatic heterocycles. The number of nitrogen functional groups attached to an aromatic ring is 1. The lowest BCUT2D eigenvalue weighted by Gasteiger charge is -2.28. The molecule has 0 saturated carbocycles. The van der Waals surface area contributed by atoms with E-state index in [0.29, 0.717) is 99.8 Å². The number of nitrogens with two attached hydrogens (primary N) is 1. The van der Waals surface area contributed by atoms with E-state index in [9.17, 15) is 9.59 Å². The van der Waals surface area contributed by atoms with Crippen LogP contribution in [0.5, 0.6) is 0 Å². The molecule has 2 saturated heterocycles. The molecule has 2 amide bonds. The van der Waals surface area contributed by atoms with Crippen LogP contribution in [0.4, 0.5) is 28.2 Å². The summed E-state index contributed by atoms with van der Waals surface area (Å²) in [6.45, 7) is 6.73. The summed E-state index contributed by atoms with van der Waals surface area (Å²) in [7, 11) is 0. The van der Waals surface area contributed by atoms with Crippen LogP contribution in [-0.4, -0.2) is 96.0 Å². The predicted molar refractivity (Wildman–Crippen MR) is 150 cm³/mol. The molecular weight excluding hydrogens is 530 g/mol. The zero-order valence-corrected chi connectivity index (χ0v) is 22.7. The fraction of sp³-hybridized carbons (Fsp3) is 0.407. The molecule has 3 aliphatic rings. The van der Waals surface area contributed by atoms with Gasteiger partial charge in [0.2, 0.25) is 11.9 Å². The Kier molecular flexibility index (Phi) is 7.48. The average Bonchev–Trinajstić information content (AvgIpc) is 3.41. The van der Waals surface area contributed by atoms with Crippen molar-refractivity contribution in [2.24, 2.45) is 0 Å². The van der Waals surface area contributed by atoms with Crippen LogP contribution in [0.1, 0.15) is 21.5 Å². The molecule has 2 aromatic heterocycles. The maximum atomic E-state index is 13.1. The van der Waals surface area contributed by atoms with E-state index in [1.54, 1.807) is 35.5 Å². The molecule has 14 heteroatoms. The number of morpholine rings is 2. The summed E-state index contributed by atoms with van der Waals surface area (Å²) in [5.41, 5.74) is 9.64. The first-order valence-electron chi connectivity index (χ1n) is 13.5. The quantitative estimate of drug-likeness (QED) is 0.464. The lowest BCUT2D eigenvalue weighted by Crippen LogP contribution is -2.40. The number of hydroxylamine groups is 1. The minimum atomic E-state index is -0.694. The maximum Gasteiger partial charge on any atom is 0.436 e. The van der Waals surface area contributed by atoms with Crippen LogP contribution in [0.25, 0.3) is 11.3 Å². The second-order valence-corrected chi connectivity index (χ2v) is 9.89. The Hall–Kier alpha value is -4.56. The number of ether oxygens (including phenoxy) is 2. The molecule has 214 valence electrons. The van der Waals surface area contributed by atoms with Gasteiger partial charge in [-0.3, -0.25) is 10.1 Å². The lowest BCUT2D eigenvalue weighted by atomic mass is 10.1. The Bertz CT molecular complexity index is 1440. The summed E-state index contributed by atoms with van der Waals surface area (Å²) in [6.07, 6.45) is 3.10. The number of anilines is 4. The number of hydrogen-bond acceptors (Lipinski definition) is 12. The van der Waals surface area contributed by atoms with Crippen LogP contribution in [0, 0.1) is 6.92 Å². The SMILES string of the molecule is Cc1ccc(C(=O)N2CCOCC2)cc1NC(=O)ON1CCc2c(-c3cnc(N)nc3)nc(N3CCOCC3)nc21. The Labute approximate surface area is 236 Å². The van der Waals surface area contributed by atoms with Crippen molar-refractivity contribution in [2.75, 3.05) is 80.2 Å². The van der Waals surface area contributed by atoms with Gasteiger partial charge in [-0.05, 0) is 31.0 Å². The van der Waals surface area contributed by atoms with Crippen LogP contribution in [0.15, 0.2) is 30.6 Å². The van der Waals surface area contributed by atoms with Crippen LogP contribution in [0.3, 0.4) is 0 Å². The summed E-state index contributed by atoms with van der Waals surface area (Å²) in [5.74, 6) is 1.06. The van der Waals surface area contributed by atoms with Crippen molar-refractivity contribution in [3.63, 3.8) is 0 Å². The zero-order valence-electron chi connectivity index (χ0n) is 22.7. The lowest BCUT2D eigenvalue weighted by molar-refractivity contribution is 0.0303. The van der Waals surface area contributed by atoms with Gasteiger partial charge in [0, 0.05) is 61.0 Å². The number of fused-ring (bicyclic) bond motifs is 1. The summed E-state index contributed by atoms with van der Waals surface area (Å²) >= 11 is 0. The number of nitrogens with zero attached hydrogens (tertiary/aromatic N) is 7. The Morgan fingerprint density at radius 3 is 2.41 bits per heavy atom. The second kappa shape index (κ2) is 11.5. The van der Waals surface area contributed by atoms with E-state index in [1.807, 2.05) is 11.8 Å². The highest BCUT2D eigenvalue weighted by molar-refractivity contribution is 5.97. The van der Waals surface area contributed by atoms with Gasteiger partial charge in [0.05, 0.1) is 38.7 Å². The molecule has 0 unspecified atom stereocenters. The predicted octanol–water partition coefficient (Wildman–Crippen LogP) is 1.66. The van der Waals surface area contributed by atoms with Crippen molar-refractivity contribution >= 4 is 35.4 Å².